The summed E-state index contributed by atoms with van der Waals surface area (Å²) in [5, 5.41) is 2.55. The van der Waals surface area contributed by atoms with Crippen LogP contribution in [0.2, 0.25) is 0 Å². The second kappa shape index (κ2) is 4.31. The Kier molecular flexibility index (Phi) is 3.23. The van der Waals surface area contributed by atoms with Gasteiger partial charge in [-0.3, -0.25) is 4.79 Å². The Hall–Kier alpha value is -0.950. The molecule has 1 amide bonds. The maximum atomic E-state index is 13.8. The van der Waals surface area contributed by atoms with Gasteiger partial charge in [0.2, 0.25) is 5.91 Å². The van der Waals surface area contributed by atoms with Crippen molar-refractivity contribution in [1.29, 1.82) is 0 Å². The van der Waals surface area contributed by atoms with Gasteiger partial charge in [-0.05, 0) is 25.1 Å². The van der Waals surface area contributed by atoms with Gasteiger partial charge in [-0.25, -0.2) is 12.8 Å². The number of hydrogen-bond acceptors (Lipinski definition) is 3. The summed E-state index contributed by atoms with van der Waals surface area (Å²) in [4.78, 5) is 11.4. The number of carbonyl (C=O) groups is 1. The van der Waals surface area contributed by atoms with Crippen LogP contribution in [0.15, 0.2) is 22.7 Å². The molecule has 1 aromatic rings. The predicted octanol–water partition coefficient (Wildman–Crippen LogP) is 1.35. The standard InChI is InChI=1S/C11H11BrFNO3S/c1-11(6-18(16,17)5-10(15)14-11)8-4-7(12)2-3-9(8)13/h2-4H,5-6H2,1H3,(H,14,15)/t11-/m0/s1. The normalized spacial score (nSPS) is 26.7. The van der Waals surface area contributed by atoms with Gasteiger partial charge in [0, 0.05) is 10.0 Å². The number of sulfone groups is 1. The molecule has 98 valence electrons. The first kappa shape index (κ1) is 13.5. The number of carbonyl (C=O) groups excluding carboxylic acids is 1. The number of amides is 1. The number of rotatable bonds is 1. The quantitative estimate of drug-likeness (QED) is 0.842. The Balaban J connectivity index is 2.54. The molecule has 0 aromatic heterocycles. The minimum absolute atomic E-state index is 0.161. The van der Waals surface area contributed by atoms with Crippen LogP contribution in [-0.2, 0) is 20.2 Å². The molecule has 18 heavy (non-hydrogen) atoms. The van der Waals surface area contributed by atoms with E-state index in [0.29, 0.717) is 4.47 Å². The van der Waals surface area contributed by atoms with Crippen molar-refractivity contribution in [2.24, 2.45) is 0 Å². The summed E-state index contributed by atoms with van der Waals surface area (Å²) in [6.45, 7) is 1.51. The topological polar surface area (TPSA) is 63.2 Å². The number of halogens is 2. The Morgan fingerprint density at radius 3 is 2.72 bits per heavy atom. The molecule has 0 unspecified atom stereocenters. The molecule has 0 aliphatic carbocycles. The summed E-state index contributed by atoms with van der Waals surface area (Å²) in [7, 11) is -3.51. The van der Waals surface area contributed by atoms with Crippen LogP contribution < -0.4 is 5.32 Å². The van der Waals surface area contributed by atoms with E-state index in [-0.39, 0.29) is 11.3 Å². The van der Waals surface area contributed by atoms with Crippen LogP contribution >= 0.6 is 15.9 Å². The van der Waals surface area contributed by atoms with Crippen molar-refractivity contribution in [2.75, 3.05) is 11.5 Å². The second-order valence-corrected chi connectivity index (χ2v) is 7.52. The van der Waals surface area contributed by atoms with E-state index in [1.165, 1.54) is 25.1 Å². The Morgan fingerprint density at radius 1 is 1.44 bits per heavy atom. The van der Waals surface area contributed by atoms with E-state index in [2.05, 4.69) is 21.2 Å². The zero-order valence-corrected chi connectivity index (χ0v) is 11.9. The molecular formula is C11H11BrFNO3S. The molecule has 0 spiro atoms. The largest absolute Gasteiger partial charge is 0.345 e. The molecule has 0 bridgehead atoms. The molecule has 7 heteroatoms. The average molecular weight is 336 g/mol. The Morgan fingerprint density at radius 2 is 2.11 bits per heavy atom. The highest BCUT2D eigenvalue weighted by molar-refractivity contribution is 9.10. The summed E-state index contributed by atoms with van der Waals surface area (Å²) in [5.74, 6) is -2.00. The molecule has 1 fully saturated rings. The molecule has 0 saturated carbocycles. The third-order valence-electron chi connectivity index (χ3n) is 2.80. The van der Waals surface area contributed by atoms with E-state index >= 15 is 0 Å². The minimum atomic E-state index is -3.51. The highest BCUT2D eigenvalue weighted by Gasteiger charge is 2.41. The summed E-state index contributed by atoms with van der Waals surface area (Å²) in [5.41, 5.74) is -1.07. The van der Waals surface area contributed by atoms with Gasteiger partial charge in [0.05, 0.1) is 11.3 Å². The third-order valence-corrected chi connectivity index (χ3v) is 5.01. The number of nitrogens with one attached hydrogen (secondary N) is 1. The maximum absolute atomic E-state index is 13.8. The molecule has 1 atom stereocenters. The molecule has 1 aliphatic rings. The fourth-order valence-electron chi connectivity index (χ4n) is 2.14. The molecule has 1 aliphatic heterocycles. The second-order valence-electron chi connectivity index (χ2n) is 4.54. The van der Waals surface area contributed by atoms with Gasteiger partial charge in [-0.2, -0.15) is 0 Å². The van der Waals surface area contributed by atoms with Gasteiger partial charge >= 0.3 is 0 Å². The van der Waals surface area contributed by atoms with Crippen LogP contribution in [0.4, 0.5) is 4.39 Å². The SMILES string of the molecule is C[C@@]1(c2cc(Br)ccc2F)CS(=O)(=O)CC(=O)N1. The molecule has 1 heterocycles. The van der Waals surface area contributed by atoms with E-state index in [1.54, 1.807) is 0 Å². The smallest absolute Gasteiger partial charge is 0.235 e. The van der Waals surface area contributed by atoms with Crippen molar-refractivity contribution in [1.82, 2.24) is 5.32 Å². The van der Waals surface area contributed by atoms with E-state index in [9.17, 15) is 17.6 Å². The first-order chi connectivity index (χ1) is 8.22. The molecule has 4 nitrogen and oxygen atoms in total. The molecule has 1 saturated heterocycles. The Labute approximate surface area is 113 Å². The molecule has 2 rings (SSSR count). The first-order valence-corrected chi connectivity index (χ1v) is 7.80. The van der Waals surface area contributed by atoms with Gasteiger partial charge in [-0.15, -0.1) is 0 Å². The van der Waals surface area contributed by atoms with Crippen LogP contribution in [0.25, 0.3) is 0 Å². The lowest BCUT2D eigenvalue weighted by Gasteiger charge is -2.34. The summed E-state index contributed by atoms with van der Waals surface area (Å²) < 4.78 is 37.7. The van der Waals surface area contributed by atoms with Crippen LogP contribution in [0.5, 0.6) is 0 Å². The summed E-state index contributed by atoms with van der Waals surface area (Å²) >= 11 is 3.20. The summed E-state index contributed by atoms with van der Waals surface area (Å²) in [6.07, 6.45) is 0. The van der Waals surface area contributed by atoms with Crippen molar-refractivity contribution >= 4 is 31.7 Å². The minimum Gasteiger partial charge on any atom is -0.345 e. The monoisotopic (exact) mass is 335 g/mol. The maximum Gasteiger partial charge on any atom is 0.235 e. The fourth-order valence-corrected chi connectivity index (χ4v) is 4.18. The summed E-state index contributed by atoms with van der Waals surface area (Å²) in [6, 6.07) is 4.23. The number of benzene rings is 1. The lowest BCUT2D eigenvalue weighted by atomic mass is 9.93. The van der Waals surface area contributed by atoms with Crippen molar-refractivity contribution < 1.29 is 17.6 Å². The van der Waals surface area contributed by atoms with Crippen molar-refractivity contribution in [3.05, 3.63) is 34.1 Å². The van der Waals surface area contributed by atoms with Crippen LogP contribution in [0.1, 0.15) is 12.5 Å². The van der Waals surface area contributed by atoms with Gasteiger partial charge < -0.3 is 5.32 Å². The highest BCUT2D eigenvalue weighted by atomic mass is 79.9. The van der Waals surface area contributed by atoms with Crippen LogP contribution in [0.3, 0.4) is 0 Å². The first-order valence-electron chi connectivity index (χ1n) is 5.19. The zero-order valence-electron chi connectivity index (χ0n) is 9.54. The lowest BCUT2D eigenvalue weighted by Crippen LogP contribution is -2.55. The number of hydrogen-bond donors (Lipinski definition) is 1. The molecular weight excluding hydrogens is 325 g/mol. The van der Waals surface area contributed by atoms with Gasteiger partial charge in [-0.1, -0.05) is 15.9 Å². The average Bonchev–Trinajstić information content (AvgIpc) is 2.17. The van der Waals surface area contributed by atoms with Gasteiger partial charge in [0.1, 0.15) is 11.6 Å². The van der Waals surface area contributed by atoms with Crippen molar-refractivity contribution in [3.63, 3.8) is 0 Å². The van der Waals surface area contributed by atoms with E-state index in [4.69, 9.17) is 0 Å². The Bertz CT molecular complexity index is 617. The van der Waals surface area contributed by atoms with Gasteiger partial charge in [0.15, 0.2) is 9.84 Å². The van der Waals surface area contributed by atoms with Crippen molar-refractivity contribution in [3.8, 4) is 0 Å². The lowest BCUT2D eigenvalue weighted by molar-refractivity contribution is -0.120. The van der Waals surface area contributed by atoms with E-state index in [1.807, 2.05) is 0 Å². The predicted molar refractivity (Wildman–Crippen MR) is 68.2 cm³/mol. The molecule has 1 N–H and O–H groups in total. The zero-order chi connectivity index (χ0) is 13.6. The molecule has 1 aromatic carbocycles. The third kappa shape index (κ3) is 2.56. The van der Waals surface area contributed by atoms with E-state index < -0.39 is 32.9 Å². The fraction of sp³-hybridized carbons (Fsp3) is 0.364. The highest BCUT2D eigenvalue weighted by Crippen LogP contribution is 2.30. The van der Waals surface area contributed by atoms with Crippen molar-refractivity contribution in [2.45, 2.75) is 12.5 Å². The van der Waals surface area contributed by atoms with Gasteiger partial charge in [0.25, 0.3) is 0 Å². The van der Waals surface area contributed by atoms with Crippen LogP contribution in [-0.4, -0.2) is 25.8 Å². The van der Waals surface area contributed by atoms with E-state index in [0.717, 1.165) is 0 Å². The van der Waals surface area contributed by atoms with Crippen LogP contribution in [0, 0.1) is 5.82 Å². The molecule has 0 radical (unpaired) electrons.